The Hall–Kier alpha value is -1.75. The molecule has 0 bridgehead atoms. The minimum atomic E-state index is -0.190. The number of hydrogen-bond acceptors (Lipinski definition) is 6. The maximum Gasteiger partial charge on any atom is 0.267 e. The number of aryl methyl sites for hydroxylation is 1. The highest BCUT2D eigenvalue weighted by molar-refractivity contribution is 7.16. The maximum atomic E-state index is 12.0. The zero-order valence-electron chi connectivity index (χ0n) is 10.3. The average molecular weight is 292 g/mol. The van der Waals surface area contributed by atoms with Crippen LogP contribution < -0.4 is 11.1 Å². The molecule has 2 aromatic rings. The molecule has 0 aromatic carbocycles. The molecule has 0 fully saturated rings. The quantitative estimate of drug-likeness (QED) is 0.844. The number of aromatic nitrogens is 2. The van der Waals surface area contributed by atoms with Gasteiger partial charge in [0.25, 0.3) is 5.91 Å². The van der Waals surface area contributed by atoms with Crippen molar-refractivity contribution in [3.05, 3.63) is 26.9 Å². The highest BCUT2D eigenvalue weighted by Gasteiger charge is 2.11. The molecule has 0 aliphatic heterocycles. The predicted molar refractivity (Wildman–Crippen MR) is 77.5 cm³/mol. The van der Waals surface area contributed by atoms with Crippen LogP contribution in [0.2, 0.25) is 0 Å². The largest absolute Gasteiger partial charge is 0.320 e. The molecule has 0 radical (unpaired) electrons. The standard InChI is InChI=1S/C12H12N4OS2/c1-2-10-15-16-12(19-10)14-11(17)9-6-5-8(18-9)4-3-7-13/h5-6H,2,7,13H2,1H3,(H,14,16,17). The van der Waals surface area contributed by atoms with Crippen molar-refractivity contribution >= 4 is 33.7 Å². The van der Waals surface area contributed by atoms with Crippen molar-refractivity contribution in [3.63, 3.8) is 0 Å². The zero-order valence-corrected chi connectivity index (χ0v) is 11.9. The molecule has 19 heavy (non-hydrogen) atoms. The van der Waals surface area contributed by atoms with Gasteiger partial charge in [0, 0.05) is 0 Å². The van der Waals surface area contributed by atoms with Crippen molar-refractivity contribution in [1.29, 1.82) is 0 Å². The van der Waals surface area contributed by atoms with E-state index in [9.17, 15) is 4.79 Å². The van der Waals surface area contributed by atoms with Crippen molar-refractivity contribution in [2.75, 3.05) is 11.9 Å². The van der Waals surface area contributed by atoms with E-state index in [1.807, 2.05) is 6.92 Å². The summed E-state index contributed by atoms with van der Waals surface area (Å²) in [6.07, 6.45) is 0.811. The summed E-state index contributed by atoms with van der Waals surface area (Å²) in [6, 6.07) is 3.54. The molecule has 0 saturated carbocycles. The Morgan fingerprint density at radius 3 is 2.95 bits per heavy atom. The first-order chi connectivity index (χ1) is 9.22. The first kappa shape index (κ1) is 13.7. The molecule has 2 aromatic heterocycles. The summed E-state index contributed by atoms with van der Waals surface area (Å²) in [6.45, 7) is 2.30. The first-order valence-corrected chi connectivity index (χ1v) is 7.28. The van der Waals surface area contributed by atoms with E-state index in [0.29, 0.717) is 16.6 Å². The highest BCUT2D eigenvalue weighted by Crippen LogP contribution is 2.19. The average Bonchev–Trinajstić information content (AvgIpc) is 3.04. The van der Waals surface area contributed by atoms with Gasteiger partial charge < -0.3 is 5.73 Å². The van der Waals surface area contributed by atoms with Crippen molar-refractivity contribution in [3.8, 4) is 11.8 Å². The van der Waals surface area contributed by atoms with Gasteiger partial charge >= 0.3 is 0 Å². The van der Waals surface area contributed by atoms with Crippen LogP contribution >= 0.6 is 22.7 Å². The van der Waals surface area contributed by atoms with Gasteiger partial charge in [0.05, 0.1) is 16.3 Å². The Labute approximate surface area is 118 Å². The summed E-state index contributed by atoms with van der Waals surface area (Å²) in [5, 5.41) is 12.0. The molecule has 7 heteroatoms. The van der Waals surface area contributed by atoms with Crippen molar-refractivity contribution in [1.82, 2.24) is 10.2 Å². The van der Waals surface area contributed by atoms with Crippen LogP contribution in [-0.4, -0.2) is 22.6 Å². The number of nitrogens with zero attached hydrogens (tertiary/aromatic N) is 2. The number of rotatable bonds is 3. The summed E-state index contributed by atoms with van der Waals surface area (Å²) >= 11 is 2.71. The molecule has 0 spiro atoms. The molecule has 3 N–H and O–H groups in total. The molecular formula is C12H12N4OS2. The number of thiophene rings is 1. The smallest absolute Gasteiger partial charge is 0.267 e. The maximum absolute atomic E-state index is 12.0. The van der Waals surface area contributed by atoms with E-state index < -0.39 is 0 Å². The fourth-order valence-corrected chi connectivity index (χ4v) is 2.72. The van der Waals surface area contributed by atoms with E-state index in [1.54, 1.807) is 12.1 Å². The van der Waals surface area contributed by atoms with Crippen LogP contribution in [0.15, 0.2) is 12.1 Å². The van der Waals surface area contributed by atoms with Gasteiger partial charge in [-0.15, -0.1) is 21.5 Å². The van der Waals surface area contributed by atoms with Crippen molar-refractivity contribution in [2.45, 2.75) is 13.3 Å². The zero-order chi connectivity index (χ0) is 13.7. The van der Waals surface area contributed by atoms with Crippen molar-refractivity contribution < 1.29 is 4.79 Å². The Bertz CT molecular complexity index is 635. The first-order valence-electron chi connectivity index (χ1n) is 5.65. The second-order valence-corrected chi connectivity index (χ2v) is 5.62. The Balaban J connectivity index is 2.05. The molecule has 0 aliphatic rings. The van der Waals surface area contributed by atoms with Crippen LogP contribution in [0.1, 0.15) is 26.5 Å². The van der Waals surface area contributed by atoms with Gasteiger partial charge in [0.2, 0.25) is 5.13 Å². The topological polar surface area (TPSA) is 80.9 Å². The minimum Gasteiger partial charge on any atom is -0.320 e. The number of carbonyl (C=O) groups excluding carboxylic acids is 1. The van der Waals surface area contributed by atoms with Crippen LogP contribution in [0.4, 0.5) is 5.13 Å². The fraction of sp³-hybridized carbons (Fsp3) is 0.250. The summed E-state index contributed by atoms with van der Waals surface area (Å²) in [4.78, 5) is 13.4. The Kier molecular flexibility index (Phi) is 4.63. The van der Waals surface area contributed by atoms with Crippen LogP contribution in [0.3, 0.4) is 0 Å². The number of nitrogens with one attached hydrogen (secondary N) is 1. The summed E-state index contributed by atoms with van der Waals surface area (Å²) in [7, 11) is 0. The van der Waals surface area contributed by atoms with Gasteiger partial charge in [-0.1, -0.05) is 30.1 Å². The molecule has 0 unspecified atom stereocenters. The SMILES string of the molecule is CCc1nnc(NC(=O)c2ccc(C#CCN)s2)s1. The normalized spacial score (nSPS) is 9.79. The highest BCUT2D eigenvalue weighted by atomic mass is 32.1. The van der Waals surface area contributed by atoms with Crippen molar-refractivity contribution in [2.24, 2.45) is 5.73 Å². The minimum absolute atomic E-state index is 0.190. The molecule has 98 valence electrons. The van der Waals surface area contributed by atoms with Gasteiger partial charge in [-0.3, -0.25) is 10.1 Å². The third-order valence-corrected chi connectivity index (χ3v) is 4.12. The van der Waals surface area contributed by atoms with Crippen LogP contribution in [0.25, 0.3) is 0 Å². The second kappa shape index (κ2) is 6.43. The van der Waals surface area contributed by atoms with Gasteiger partial charge in [0.1, 0.15) is 5.01 Å². The third kappa shape index (κ3) is 3.61. The van der Waals surface area contributed by atoms with E-state index in [4.69, 9.17) is 5.73 Å². The van der Waals surface area contributed by atoms with E-state index >= 15 is 0 Å². The number of hydrogen-bond donors (Lipinski definition) is 2. The predicted octanol–water partition coefficient (Wildman–Crippen LogP) is 1.72. The summed E-state index contributed by atoms with van der Waals surface area (Å²) in [5.74, 6) is 5.46. The molecular weight excluding hydrogens is 280 g/mol. The van der Waals surface area contributed by atoms with E-state index in [2.05, 4.69) is 27.4 Å². The van der Waals surface area contributed by atoms with Gasteiger partial charge in [-0.25, -0.2) is 0 Å². The monoisotopic (exact) mass is 292 g/mol. The summed E-state index contributed by atoms with van der Waals surface area (Å²) in [5.41, 5.74) is 5.30. The molecule has 2 heterocycles. The second-order valence-electron chi connectivity index (χ2n) is 3.48. The Morgan fingerprint density at radius 1 is 1.42 bits per heavy atom. The lowest BCUT2D eigenvalue weighted by molar-refractivity contribution is 0.103. The molecule has 2 rings (SSSR count). The van der Waals surface area contributed by atoms with Gasteiger partial charge in [0.15, 0.2) is 0 Å². The van der Waals surface area contributed by atoms with E-state index in [1.165, 1.54) is 22.7 Å². The van der Waals surface area contributed by atoms with E-state index in [-0.39, 0.29) is 5.91 Å². The number of carbonyl (C=O) groups is 1. The number of anilines is 1. The molecule has 0 aliphatic carbocycles. The molecule has 5 nitrogen and oxygen atoms in total. The lowest BCUT2D eigenvalue weighted by Crippen LogP contribution is -2.09. The van der Waals surface area contributed by atoms with Crippen LogP contribution in [0, 0.1) is 11.8 Å². The number of nitrogens with two attached hydrogens (primary N) is 1. The Morgan fingerprint density at radius 2 is 2.26 bits per heavy atom. The van der Waals surface area contributed by atoms with Crippen LogP contribution in [0.5, 0.6) is 0 Å². The number of amides is 1. The molecule has 0 saturated heterocycles. The van der Waals surface area contributed by atoms with Gasteiger partial charge in [-0.05, 0) is 18.6 Å². The van der Waals surface area contributed by atoms with E-state index in [0.717, 1.165) is 16.3 Å². The lowest BCUT2D eigenvalue weighted by atomic mass is 10.4. The third-order valence-electron chi connectivity index (χ3n) is 2.13. The summed E-state index contributed by atoms with van der Waals surface area (Å²) < 4.78 is 0. The molecule has 0 atom stereocenters. The fourth-order valence-electron chi connectivity index (χ4n) is 1.27. The van der Waals surface area contributed by atoms with Gasteiger partial charge in [-0.2, -0.15) is 0 Å². The molecule has 1 amide bonds. The lowest BCUT2D eigenvalue weighted by Gasteiger charge is -1.96. The van der Waals surface area contributed by atoms with Crippen LogP contribution in [-0.2, 0) is 6.42 Å².